The van der Waals surface area contributed by atoms with Gasteiger partial charge in [-0.3, -0.25) is 0 Å². The molecule has 0 radical (unpaired) electrons. The Kier molecular flexibility index (Phi) is 4.42. The van der Waals surface area contributed by atoms with Crippen LogP contribution in [-0.4, -0.2) is 0 Å². The molecule has 0 atom stereocenters. The molecule has 0 unspecified atom stereocenters. The first-order valence-corrected chi connectivity index (χ1v) is 6.51. The molecule has 2 aromatic rings. The number of alkyl halides is 3. The van der Waals surface area contributed by atoms with Crippen molar-refractivity contribution in [1.29, 1.82) is 0 Å². The second-order valence-electron chi connectivity index (χ2n) is 4.62. The van der Waals surface area contributed by atoms with Crippen molar-refractivity contribution < 1.29 is 17.6 Å². The van der Waals surface area contributed by atoms with Crippen molar-refractivity contribution in [2.24, 2.45) is 0 Å². The van der Waals surface area contributed by atoms with Crippen molar-refractivity contribution >= 4 is 17.3 Å². The Balaban J connectivity index is 2.19. The van der Waals surface area contributed by atoms with E-state index >= 15 is 0 Å². The highest BCUT2D eigenvalue weighted by atomic mass is 35.5. The average molecular weight is 318 g/mol. The van der Waals surface area contributed by atoms with Gasteiger partial charge < -0.3 is 5.32 Å². The largest absolute Gasteiger partial charge is 0.417 e. The highest BCUT2D eigenvalue weighted by Crippen LogP contribution is 2.36. The van der Waals surface area contributed by atoms with Crippen molar-refractivity contribution in [1.82, 2.24) is 0 Å². The predicted octanol–water partition coefficient (Wildman–Crippen LogP) is 5.42. The normalized spacial score (nSPS) is 11.5. The summed E-state index contributed by atoms with van der Waals surface area (Å²) in [5.74, 6) is -0.385. The number of nitrogens with one attached hydrogen (secondary N) is 1. The summed E-state index contributed by atoms with van der Waals surface area (Å²) in [5.41, 5.74) is 0.910. The summed E-state index contributed by atoms with van der Waals surface area (Å²) in [7, 11) is 0. The summed E-state index contributed by atoms with van der Waals surface area (Å²) < 4.78 is 51.4. The van der Waals surface area contributed by atoms with Gasteiger partial charge >= 0.3 is 6.18 Å². The molecule has 0 aliphatic carbocycles. The Bertz CT molecular complexity index is 653. The van der Waals surface area contributed by atoms with Crippen molar-refractivity contribution in [2.75, 3.05) is 5.32 Å². The molecule has 2 rings (SSSR count). The molecule has 112 valence electrons. The van der Waals surface area contributed by atoms with Crippen LogP contribution in [0.15, 0.2) is 36.4 Å². The van der Waals surface area contributed by atoms with E-state index in [4.69, 9.17) is 11.6 Å². The van der Waals surface area contributed by atoms with Gasteiger partial charge in [-0.25, -0.2) is 4.39 Å². The van der Waals surface area contributed by atoms with Crippen LogP contribution in [-0.2, 0) is 12.7 Å². The van der Waals surface area contributed by atoms with Crippen LogP contribution in [0.3, 0.4) is 0 Å². The Morgan fingerprint density at radius 3 is 2.48 bits per heavy atom. The van der Waals surface area contributed by atoms with Gasteiger partial charge in [-0.05, 0) is 48.4 Å². The molecule has 1 N–H and O–H groups in total. The maximum atomic E-state index is 13.2. The maximum Gasteiger partial charge on any atom is 0.417 e. The second-order valence-corrected chi connectivity index (χ2v) is 5.02. The van der Waals surface area contributed by atoms with Gasteiger partial charge in [-0.2, -0.15) is 13.2 Å². The maximum absolute atomic E-state index is 13.2. The van der Waals surface area contributed by atoms with Gasteiger partial charge in [0.25, 0.3) is 0 Å². The minimum Gasteiger partial charge on any atom is -0.381 e. The van der Waals surface area contributed by atoms with Gasteiger partial charge in [0.15, 0.2) is 0 Å². The van der Waals surface area contributed by atoms with Crippen LogP contribution in [0.4, 0.5) is 23.2 Å². The van der Waals surface area contributed by atoms with Crippen LogP contribution in [0, 0.1) is 12.7 Å². The number of rotatable bonds is 3. The molecule has 2 aromatic carbocycles. The van der Waals surface area contributed by atoms with E-state index in [9.17, 15) is 17.6 Å². The Morgan fingerprint density at radius 1 is 1.10 bits per heavy atom. The lowest BCUT2D eigenvalue weighted by molar-refractivity contribution is -0.137. The smallest absolute Gasteiger partial charge is 0.381 e. The third-order valence-corrected chi connectivity index (χ3v) is 3.40. The summed E-state index contributed by atoms with van der Waals surface area (Å²) in [6, 6.07) is 7.88. The molecule has 0 saturated carbocycles. The molecule has 1 nitrogen and oxygen atoms in total. The fourth-order valence-corrected chi connectivity index (χ4v) is 2.10. The number of anilines is 1. The monoisotopic (exact) mass is 317 g/mol. The molecule has 0 aliphatic rings. The van der Waals surface area contributed by atoms with E-state index < -0.39 is 11.7 Å². The van der Waals surface area contributed by atoms with Gasteiger partial charge in [-0.15, -0.1) is 0 Å². The van der Waals surface area contributed by atoms with Gasteiger partial charge in [0, 0.05) is 12.2 Å². The fourth-order valence-electron chi connectivity index (χ4n) is 1.88. The molecule has 21 heavy (non-hydrogen) atoms. The third kappa shape index (κ3) is 3.88. The van der Waals surface area contributed by atoms with Crippen LogP contribution < -0.4 is 5.32 Å². The van der Waals surface area contributed by atoms with Crippen molar-refractivity contribution in [3.63, 3.8) is 0 Å². The summed E-state index contributed by atoms with van der Waals surface area (Å²) in [6.45, 7) is 2.03. The molecule has 0 aliphatic heterocycles. The molecule has 0 spiro atoms. The topological polar surface area (TPSA) is 12.0 Å². The highest BCUT2D eigenvalue weighted by Gasteiger charge is 2.33. The Morgan fingerprint density at radius 2 is 1.81 bits per heavy atom. The van der Waals surface area contributed by atoms with E-state index in [2.05, 4.69) is 5.32 Å². The molecular formula is C15H12ClF4N. The number of hydrogen-bond donors (Lipinski definition) is 1. The van der Waals surface area contributed by atoms with E-state index in [1.54, 1.807) is 13.0 Å². The summed E-state index contributed by atoms with van der Waals surface area (Å²) in [5, 5.41) is 2.49. The van der Waals surface area contributed by atoms with Crippen LogP contribution in [0.2, 0.25) is 5.02 Å². The minimum absolute atomic E-state index is 0.225. The Labute approximate surface area is 124 Å². The van der Waals surface area contributed by atoms with Crippen molar-refractivity contribution in [2.45, 2.75) is 19.6 Å². The molecule has 0 heterocycles. The van der Waals surface area contributed by atoms with Gasteiger partial charge in [0.1, 0.15) is 5.82 Å². The molecule has 0 saturated heterocycles. The lowest BCUT2D eigenvalue weighted by Gasteiger charge is -2.13. The molecule has 0 aromatic heterocycles. The quantitative estimate of drug-likeness (QED) is 0.745. The fraction of sp³-hybridized carbons (Fsp3) is 0.200. The third-order valence-electron chi connectivity index (χ3n) is 3.07. The van der Waals surface area contributed by atoms with Gasteiger partial charge in [0.2, 0.25) is 0 Å². The van der Waals surface area contributed by atoms with Crippen LogP contribution >= 0.6 is 11.6 Å². The molecule has 0 fully saturated rings. The van der Waals surface area contributed by atoms with E-state index in [-0.39, 0.29) is 23.1 Å². The standard InChI is InChI=1S/C15H12ClF4N/c1-9-2-3-11(17)6-10(9)8-21-12-4-5-14(16)13(7-12)15(18,19)20/h2-7,21H,8H2,1H3. The molecule has 6 heteroatoms. The minimum atomic E-state index is -4.51. The van der Waals surface area contributed by atoms with E-state index in [1.165, 1.54) is 24.3 Å². The van der Waals surface area contributed by atoms with Crippen molar-refractivity contribution in [3.8, 4) is 0 Å². The number of hydrogen-bond acceptors (Lipinski definition) is 1. The van der Waals surface area contributed by atoms with E-state index in [0.717, 1.165) is 11.6 Å². The predicted molar refractivity (Wildman–Crippen MR) is 74.9 cm³/mol. The lowest BCUT2D eigenvalue weighted by atomic mass is 10.1. The van der Waals surface area contributed by atoms with Crippen LogP contribution in [0.5, 0.6) is 0 Å². The van der Waals surface area contributed by atoms with Crippen LogP contribution in [0.25, 0.3) is 0 Å². The zero-order chi connectivity index (χ0) is 15.6. The van der Waals surface area contributed by atoms with Gasteiger partial charge in [-0.1, -0.05) is 17.7 Å². The molecule has 0 amide bonds. The summed E-state index contributed by atoms with van der Waals surface area (Å²) >= 11 is 5.55. The molecule has 0 bridgehead atoms. The number of benzene rings is 2. The first-order valence-electron chi connectivity index (χ1n) is 6.13. The number of halogens is 5. The van der Waals surface area contributed by atoms with E-state index in [1.807, 2.05) is 0 Å². The number of aryl methyl sites for hydroxylation is 1. The van der Waals surface area contributed by atoms with E-state index in [0.29, 0.717) is 5.56 Å². The van der Waals surface area contributed by atoms with Crippen LogP contribution in [0.1, 0.15) is 16.7 Å². The average Bonchev–Trinajstić information content (AvgIpc) is 2.40. The summed E-state index contributed by atoms with van der Waals surface area (Å²) in [4.78, 5) is 0. The SMILES string of the molecule is Cc1ccc(F)cc1CNc1ccc(Cl)c(C(F)(F)F)c1. The zero-order valence-corrected chi connectivity index (χ0v) is 11.8. The Hall–Kier alpha value is -1.75. The zero-order valence-electron chi connectivity index (χ0n) is 11.1. The van der Waals surface area contributed by atoms with Gasteiger partial charge in [0.05, 0.1) is 10.6 Å². The highest BCUT2D eigenvalue weighted by molar-refractivity contribution is 6.31. The first-order chi connectivity index (χ1) is 9.77. The second kappa shape index (κ2) is 5.93. The lowest BCUT2D eigenvalue weighted by Crippen LogP contribution is -2.08. The van der Waals surface area contributed by atoms with Crippen molar-refractivity contribution in [3.05, 3.63) is 63.9 Å². The first kappa shape index (κ1) is 15.6. The summed E-state index contributed by atoms with van der Waals surface area (Å²) in [6.07, 6.45) is -4.51. The molecular weight excluding hydrogens is 306 g/mol.